The third-order valence-corrected chi connectivity index (χ3v) is 3.87. The maximum Gasteiger partial charge on any atom is 0.310 e. The molecule has 0 spiro atoms. The van der Waals surface area contributed by atoms with Crippen LogP contribution in [0.4, 0.5) is 0 Å². The fraction of sp³-hybridized carbons (Fsp3) is 0.250. The number of carbonyl (C=O) groups excluding carboxylic acids is 1. The molecule has 0 fully saturated rings. The molecule has 0 radical (unpaired) electrons. The second kappa shape index (κ2) is 6.34. The van der Waals surface area contributed by atoms with Gasteiger partial charge in [0.2, 0.25) is 0 Å². The SMILES string of the molecule is Cc1nc2ncnn2c(C)c1CC(=O)OCc1ccc(Cl)cc1. The number of aromatic nitrogens is 4. The van der Waals surface area contributed by atoms with Gasteiger partial charge in [0, 0.05) is 22.0 Å². The van der Waals surface area contributed by atoms with Gasteiger partial charge in [-0.3, -0.25) is 4.79 Å². The number of nitrogens with zero attached hydrogens (tertiary/aromatic N) is 4. The van der Waals surface area contributed by atoms with E-state index in [1.807, 2.05) is 26.0 Å². The summed E-state index contributed by atoms with van der Waals surface area (Å²) in [6.07, 6.45) is 1.59. The average molecular weight is 331 g/mol. The number of rotatable bonds is 4. The van der Waals surface area contributed by atoms with Gasteiger partial charge >= 0.3 is 5.97 Å². The molecule has 0 unspecified atom stereocenters. The van der Waals surface area contributed by atoms with Crippen LogP contribution in [0.15, 0.2) is 30.6 Å². The Hall–Kier alpha value is -2.47. The number of ether oxygens (including phenoxy) is 1. The number of benzene rings is 1. The van der Waals surface area contributed by atoms with E-state index in [0.29, 0.717) is 10.8 Å². The van der Waals surface area contributed by atoms with E-state index < -0.39 is 0 Å². The van der Waals surface area contributed by atoms with E-state index in [2.05, 4.69) is 15.1 Å². The Morgan fingerprint density at radius 1 is 1.26 bits per heavy atom. The van der Waals surface area contributed by atoms with Gasteiger partial charge in [-0.1, -0.05) is 23.7 Å². The molecule has 0 N–H and O–H groups in total. The number of hydrogen-bond acceptors (Lipinski definition) is 5. The van der Waals surface area contributed by atoms with Crippen molar-refractivity contribution in [1.29, 1.82) is 0 Å². The summed E-state index contributed by atoms with van der Waals surface area (Å²) < 4.78 is 6.94. The smallest absolute Gasteiger partial charge is 0.310 e. The van der Waals surface area contributed by atoms with Crippen LogP contribution in [0.25, 0.3) is 5.78 Å². The Kier molecular flexibility index (Phi) is 4.25. The first-order valence-electron chi connectivity index (χ1n) is 7.10. The van der Waals surface area contributed by atoms with Gasteiger partial charge in [0.1, 0.15) is 12.9 Å². The van der Waals surface area contributed by atoms with Crippen molar-refractivity contribution in [2.24, 2.45) is 0 Å². The molecule has 0 saturated carbocycles. The van der Waals surface area contributed by atoms with Crippen LogP contribution in [-0.4, -0.2) is 25.6 Å². The molecular weight excluding hydrogens is 316 g/mol. The maximum absolute atomic E-state index is 12.1. The van der Waals surface area contributed by atoms with Gasteiger partial charge < -0.3 is 4.74 Å². The molecule has 3 aromatic rings. The van der Waals surface area contributed by atoms with Gasteiger partial charge in [0.25, 0.3) is 5.78 Å². The number of halogens is 1. The molecule has 2 heterocycles. The number of aryl methyl sites for hydroxylation is 2. The molecule has 0 aliphatic heterocycles. The van der Waals surface area contributed by atoms with Crippen molar-refractivity contribution in [3.8, 4) is 0 Å². The standard InChI is InChI=1S/C16H15ClN4O2/c1-10-14(11(2)21-16(20-10)18-9-19-21)7-15(22)23-8-12-3-5-13(17)6-4-12/h3-6,9H,7-8H2,1-2H3. The summed E-state index contributed by atoms with van der Waals surface area (Å²) in [5, 5.41) is 4.76. The third-order valence-electron chi connectivity index (χ3n) is 3.62. The molecule has 6 nitrogen and oxygen atoms in total. The maximum atomic E-state index is 12.1. The lowest BCUT2D eigenvalue weighted by Crippen LogP contribution is -2.13. The molecular formula is C16H15ClN4O2. The molecule has 1 aromatic carbocycles. The lowest BCUT2D eigenvalue weighted by molar-refractivity contribution is -0.144. The third kappa shape index (κ3) is 3.32. The minimum Gasteiger partial charge on any atom is -0.461 e. The monoisotopic (exact) mass is 330 g/mol. The first kappa shape index (κ1) is 15.4. The molecule has 0 amide bonds. The summed E-state index contributed by atoms with van der Waals surface area (Å²) in [5.41, 5.74) is 3.30. The van der Waals surface area contributed by atoms with Crippen LogP contribution in [0.3, 0.4) is 0 Å². The summed E-state index contributed by atoms with van der Waals surface area (Å²) in [7, 11) is 0. The highest BCUT2D eigenvalue weighted by atomic mass is 35.5. The van der Waals surface area contributed by atoms with Crippen molar-refractivity contribution >= 4 is 23.3 Å². The van der Waals surface area contributed by atoms with E-state index in [-0.39, 0.29) is 19.0 Å². The van der Waals surface area contributed by atoms with E-state index in [1.165, 1.54) is 6.33 Å². The zero-order chi connectivity index (χ0) is 16.4. The van der Waals surface area contributed by atoms with Crippen LogP contribution >= 0.6 is 11.6 Å². The normalized spacial score (nSPS) is 10.9. The van der Waals surface area contributed by atoms with Crippen molar-refractivity contribution in [2.45, 2.75) is 26.9 Å². The van der Waals surface area contributed by atoms with Crippen LogP contribution in [-0.2, 0) is 22.6 Å². The van der Waals surface area contributed by atoms with Crippen LogP contribution in [0.5, 0.6) is 0 Å². The van der Waals surface area contributed by atoms with Crippen molar-refractivity contribution in [3.05, 3.63) is 58.1 Å². The first-order valence-corrected chi connectivity index (χ1v) is 7.48. The molecule has 0 atom stereocenters. The lowest BCUT2D eigenvalue weighted by Gasteiger charge is -2.10. The molecule has 0 saturated heterocycles. The van der Waals surface area contributed by atoms with Crippen molar-refractivity contribution < 1.29 is 9.53 Å². The van der Waals surface area contributed by atoms with E-state index in [9.17, 15) is 4.79 Å². The van der Waals surface area contributed by atoms with Gasteiger partial charge in [-0.15, -0.1) is 0 Å². The van der Waals surface area contributed by atoms with Crippen LogP contribution in [0.1, 0.15) is 22.5 Å². The van der Waals surface area contributed by atoms with Crippen molar-refractivity contribution in [1.82, 2.24) is 19.6 Å². The predicted octanol–water partition coefficient (Wildman–Crippen LogP) is 2.68. The summed E-state index contributed by atoms with van der Waals surface area (Å²) in [4.78, 5) is 20.5. The Labute approximate surface area is 138 Å². The fourth-order valence-corrected chi connectivity index (χ4v) is 2.48. The first-order chi connectivity index (χ1) is 11.0. The summed E-state index contributed by atoms with van der Waals surface area (Å²) in [6.45, 7) is 3.95. The molecule has 0 bridgehead atoms. The number of hydrogen-bond donors (Lipinski definition) is 0. The number of esters is 1. The minimum absolute atomic E-state index is 0.147. The number of fused-ring (bicyclic) bond motifs is 1. The Balaban J connectivity index is 1.71. The van der Waals surface area contributed by atoms with Gasteiger partial charge in [0.15, 0.2) is 0 Å². The fourth-order valence-electron chi connectivity index (χ4n) is 2.35. The minimum atomic E-state index is -0.313. The summed E-state index contributed by atoms with van der Waals surface area (Å²) >= 11 is 5.83. The zero-order valence-electron chi connectivity index (χ0n) is 12.8. The summed E-state index contributed by atoms with van der Waals surface area (Å²) in [6, 6.07) is 7.19. The van der Waals surface area contributed by atoms with Crippen molar-refractivity contribution in [2.75, 3.05) is 0 Å². The zero-order valence-corrected chi connectivity index (χ0v) is 13.5. The highest BCUT2D eigenvalue weighted by molar-refractivity contribution is 6.30. The van der Waals surface area contributed by atoms with Crippen LogP contribution in [0.2, 0.25) is 5.02 Å². The molecule has 3 rings (SSSR count). The van der Waals surface area contributed by atoms with Crippen molar-refractivity contribution in [3.63, 3.8) is 0 Å². The Morgan fingerprint density at radius 2 is 2.00 bits per heavy atom. The highest BCUT2D eigenvalue weighted by Crippen LogP contribution is 2.15. The lowest BCUT2D eigenvalue weighted by atomic mass is 10.1. The van der Waals surface area contributed by atoms with Crippen LogP contribution < -0.4 is 0 Å². The second-order valence-electron chi connectivity index (χ2n) is 5.20. The number of carbonyl (C=O) groups is 1. The molecule has 2 aromatic heterocycles. The van der Waals surface area contributed by atoms with E-state index in [1.54, 1.807) is 16.6 Å². The van der Waals surface area contributed by atoms with Gasteiger partial charge in [-0.25, -0.2) is 9.50 Å². The van der Waals surface area contributed by atoms with E-state index in [4.69, 9.17) is 16.3 Å². The van der Waals surface area contributed by atoms with E-state index in [0.717, 1.165) is 22.5 Å². The van der Waals surface area contributed by atoms with Gasteiger partial charge in [0.05, 0.1) is 6.42 Å². The Morgan fingerprint density at radius 3 is 2.74 bits per heavy atom. The second-order valence-corrected chi connectivity index (χ2v) is 5.63. The highest BCUT2D eigenvalue weighted by Gasteiger charge is 2.15. The quantitative estimate of drug-likeness (QED) is 0.688. The molecule has 0 aliphatic rings. The molecule has 7 heteroatoms. The Bertz CT molecular complexity index is 858. The molecule has 23 heavy (non-hydrogen) atoms. The largest absolute Gasteiger partial charge is 0.461 e. The van der Waals surface area contributed by atoms with E-state index >= 15 is 0 Å². The topological polar surface area (TPSA) is 69.4 Å². The predicted molar refractivity (Wildman–Crippen MR) is 85.2 cm³/mol. The molecule has 118 valence electrons. The average Bonchev–Trinajstić information content (AvgIpc) is 2.99. The van der Waals surface area contributed by atoms with Crippen LogP contribution in [0, 0.1) is 13.8 Å². The molecule has 0 aliphatic carbocycles. The summed E-state index contributed by atoms with van der Waals surface area (Å²) in [5.74, 6) is 0.214. The van der Waals surface area contributed by atoms with Gasteiger partial charge in [-0.2, -0.15) is 10.1 Å². The van der Waals surface area contributed by atoms with Gasteiger partial charge in [-0.05, 0) is 31.5 Å².